The number of fused-ring (bicyclic) bond motifs is 1. The number of hydrogen-bond donors (Lipinski definition) is 0. The average molecular weight is 385 g/mol. The van der Waals surface area contributed by atoms with Gasteiger partial charge >= 0.3 is 0 Å². The van der Waals surface area contributed by atoms with Gasteiger partial charge in [-0.3, -0.25) is 4.79 Å². The first kappa shape index (κ1) is 18.2. The Kier molecular flexibility index (Phi) is 5.08. The zero-order valence-electron chi connectivity index (χ0n) is 14.1. The van der Waals surface area contributed by atoms with Crippen molar-refractivity contribution in [3.63, 3.8) is 0 Å². The molecule has 1 saturated heterocycles. The first-order chi connectivity index (χ1) is 11.8. The van der Waals surface area contributed by atoms with E-state index in [0.717, 1.165) is 16.5 Å². The highest BCUT2D eigenvalue weighted by molar-refractivity contribution is 7.88. The van der Waals surface area contributed by atoms with Crippen molar-refractivity contribution in [1.29, 1.82) is 0 Å². The lowest BCUT2D eigenvalue weighted by molar-refractivity contribution is -0.122. The molecule has 1 aromatic carbocycles. The fourth-order valence-corrected chi connectivity index (χ4v) is 5.10. The van der Waals surface area contributed by atoms with Gasteiger partial charge in [-0.25, -0.2) is 17.1 Å². The molecule has 1 aromatic heterocycles. The number of piperidine rings is 1. The third-order valence-electron chi connectivity index (χ3n) is 4.37. The molecular weight excluding hydrogens is 365 g/mol. The molecule has 0 aliphatic carbocycles. The van der Waals surface area contributed by atoms with E-state index >= 15 is 0 Å². The summed E-state index contributed by atoms with van der Waals surface area (Å²) in [7, 11) is -3.31. The summed E-state index contributed by atoms with van der Waals surface area (Å²) in [6, 6.07) is 4.50. The van der Waals surface area contributed by atoms with Crippen LogP contribution in [0.3, 0.4) is 0 Å². The van der Waals surface area contributed by atoms with E-state index in [4.69, 9.17) is 0 Å². The second-order valence-electron chi connectivity index (χ2n) is 6.15. The predicted octanol–water partition coefficient (Wildman–Crippen LogP) is 1.96. The molecule has 1 fully saturated rings. The number of carbonyl (C=O) groups excluding carboxylic acids is 1. The van der Waals surface area contributed by atoms with E-state index in [1.807, 2.05) is 11.5 Å². The average Bonchev–Trinajstić information content (AvgIpc) is 2.90. The molecule has 0 bridgehead atoms. The minimum Gasteiger partial charge on any atom is -0.317 e. The van der Waals surface area contributed by atoms with Gasteiger partial charge in [0.25, 0.3) is 5.91 Å². The number of thiazole rings is 1. The lowest BCUT2D eigenvalue weighted by atomic mass is 9.99. The van der Waals surface area contributed by atoms with Crippen molar-refractivity contribution in [2.45, 2.75) is 26.3 Å². The Labute approximate surface area is 149 Å². The van der Waals surface area contributed by atoms with Crippen LogP contribution in [0, 0.1) is 11.7 Å². The summed E-state index contributed by atoms with van der Waals surface area (Å²) in [5.74, 6) is -1.08. The molecule has 1 amide bonds. The van der Waals surface area contributed by atoms with Crippen LogP contribution in [0.25, 0.3) is 10.2 Å². The van der Waals surface area contributed by atoms with Crippen LogP contribution >= 0.6 is 11.3 Å². The van der Waals surface area contributed by atoms with E-state index in [1.165, 1.54) is 27.8 Å². The van der Waals surface area contributed by atoms with Gasteiger partial charge < -0.3 is 4.57 Å². The SMILES string of the molecule is CCn1c(=NC(=O)C2CCCN(S(C)(=O)=O)C2)sc2cc(F)ccc21. The molecule has 2 aromatic rings. The molecule has 1 unspecified atom stereocenters. The van der Waals surface area contributed by atoms with Gasteiger partial charge in [-0.15, -0.1) is 0 Å². The molecule has 1 aliphatic heterocycles. The summed E-state index contributed by atoms with van der Waals surface area (Å²) in [6.45, 7) is 3.16. The zero-order chi connectivity index (χ0) is 18.2. The van der Waals surface area contributed by atoms with Crippen molar-refractivity contribution in [1.82, 2.24) is 8.87 Å². The Bertz CT molecular complexity index is 978. The zero-order valence-corrected chi connectivity index (χ0v) is 15.7. The number of benzene rings is 1. The van der Waals surface area contributed by atoms with Crippen molar-refractivity contribution in [3.8, 4) is 0 Å². The van der Waals surface area contributed by atoms with Gasteiger partial charge in [0, 0.05) is 19.6 Å². The van der Waals surface area contributed by atoms with Gasteiger partial charge in [0.1, 0.15) is 5.82 Å². The molecule has 3 rings (SSSR count). The highest BCUT2D eigenvalue weighted by Crippen LogP contribution is 2.21. The van der Waals surface area contributed by atoms with Gasteiger partial charge in [-0.1, -0.05) is 11.3 Å². The number of aryl methyl sites for hydroxylation is 1. The van der Waals surface area contributed by atoms with Crippen molar-refractivity contribution < 1.29 is 17.6 Å². The fraction of sp³-hybridized carbons (Fsp3) is 0.500. The van der Waals surface area contributed by atoms with Crippen LogP contribution in [-0.4, -0.2) is 42.5 Å². The molecule has 0 spiro atoms. The molecule has 136 valence electrons. The largest absolute Gasteiger partial charge is 0.317 e. The molecule has 25 heavy (non-hydrogen) atoms. The lowest BCUT2D eigenvalue weighted by Crippen LogP contribution is -2.41. The number of halogens is 1. The highest BCUT2D eigenvalue weighted by Gasteiger charge is 2.30. The smallest absolute Gasteiger partial charge is 0.252 e. The number of rotatable bonds is 3. The molecular formula is C16H20FN3O3S2. The van der Waals surface area contributed by atoms with Gasteiger partial charge in [0.05, 0.1) is 22.4 Å². The quantitative estimate of drug-likeness (QED) is 0.811. The topological polar surface area (TPSA) is 71.7 Å². The fourth-order valence-electron chi connectivity index (χ4n) is 3.07. The Balaban J connectivity index is 1.94. The van der Waals surface area contributed by atoms with Crippen LogP contribution in [0.2, 0.25) is 0 Å². The van der Waals surface area contributed by atoms with Crippen molar-refractivity contribution in [3.05, 3.63) is 28.8 Å². The van der Waals surface area contributed by atoms with Crippen molar-refractivity contribution >= 4 is 37.5 Å². The Hall–Kier alpha value is -1.58. The molecule has 1 atom stereocenters. The summed E-state index contributed by atoms with van der Waals surface area (Å²) in [4.78, 5) is 17.3. The number of amides is 1. The van der Waals surface area contributed by atoms with E-state index < -0.39 is 15.9 Å². The summed E-state index contributed by atoms with van der Waals surface area (Å²) >= 11 is 1.26. The summed E-state index contributed by atoms with van der Waals surface area (Å²) in [5, 5.41) is 0. The maximum atomic E-state index is 13.4. The first-order valence-corrected chi connectivity index (χ1v) is 10.8. The van der Waals surface area contributed by atoms with Crippen LogP contribution in [0.1, 0.15) is 19.8 Å². The summed E-state index contributed by atoms with van der Waals surface area (Å²) in [5.41, 5.74) is 0.835. The van der Waals surface area contributed by atoms with Crippen LogP contribution < -0.4 is 4.80 Å². The Morgan fingerprint density at radius 1 is 1.44 bits per heavy atom. The van der Waals surface area contributed by atoms with E-state index in [0.29, 0.717) is 30.7 Å². The van der Waals surface area contributed by atoms with Crippen LogP contribution in [0.15, 0.2) is 23.2 Å². The van der Waals surface area contributed by atoms with Crippen molar-refractivity contribution in [2.75, 3.05) is 19.3 Å². The first-order valence-electron chi connectivity index (χ1n) is 8.12. The number of nitrogens with zero attached hydrogens (tertiary/aromatic N) is 3. The van der Waals surface area contributed by atoms with Gasteiger partial charge in [-0.2, -0.15) is 4.99 Å². The minimum atomic E-state index is -3.31. The molecule has 0 saturated carbocycles. The standard InChI is InChI=1S/C16H20FN3O3S2/c1-3-20-13-7-6-12(17)9-14(13)24-16(20)18-15(21)11-5-4-8-19(10-11)25(2,22)23/h6-7,9,11H,3-5,8,10H2,1-2H3. The third-order valence-corrected chi connectivity index (χ3v) is 6.68. The number of sulfonamides is 1. The maximum Gasteiger partial charge on any atom is 0.252 e. The Morgan fingerprint density at radius 3 is 2.88 bits per heavy atom. The van der Waals surface area contributed by atoms with E-state index in [1.54, 1.807) is 6.07 Å². The molecule has 9 heteroatoms. The monoisotopic (exact) mass is 385 g/mol. The molecule has 1 aliphatic rings. The lowest BCUT2D eigenvalue weighted by Gasteiger charge is -2.28. The summed E-state index contributed by atoms with van der Waals surface area (Å²) < 4.78 is 40.8. The van der Waals surface area contributed by atoms with Gasteiger partial charge in [0.15, 0.2) is 4.80 Å². The van der Waals surface area contributed by atoms with Gasteiger partial charge in [0.2, 0.25) is 10.0 Å². The Morgan fingerprint density at radius 2 is 2.20 bits per heavy atom. The van der Waals surface area contributed by atoms with Crippen LogP contribution in [0.5, 0.6) is 0 Å². The predicted molar refractivity (Wildman–Crippen MR) is 95.2 cm³/mol. The van der Waals surface area contributed by atoms with E-state index in [-0.39, 0.29) is 18.3 Å². The van der Waals surface area contributed by atoms with Gasteiger partial charge in [-0.05, 0) is 38.0 Å². The molecule has 2 heterocycles. The number of aromatic nitrogens is 1. The number of hydrogen-bond acceptors (Lipinski definition) is 4. The maximum absolute atomic E-state index is 13.4. The second-order valence-corrected chi connectivity index (χ2v) is 9.14. The van der Waals surface area contributed by atoms with E-state index in [2.05, 4.69) is 4.99 Å². The summed E-state index contributed by atoms with van der Waals surface area (Å²) in [6.07, 6.45) is 2.42. The van der Waals surface area contributed by atoms with Crippen LogP contribution in [-0.2, 0) is 21.4 Å². The minimum absolute atomic E-state index is 0.173. The molecule has 0 radical (unpaired) electrons. The molecule has 6 nitrogen and oxygen atoms in total. The normalized spacial score (nSPS) is 20.3. The van der Waals surface area contributed by atoms with Crippen LogP contribution in [0.4, 0.5) is 4.39 Å². The van der Waals surface area contributed by atoms with Crippen molar-refractivity contribution in [2.24, 2.45) is 10.9 Å². The van der Waals surface area contributed by atoms with E-state index in [9.17, 15) is 17.6 Å². The third kappa shape index (κ3) is 3.83. The highest BCUT2D eigenvalue weighted by atomic mass is 32.2. The second kappa shape index (κ2) is 6.97. The molecule has 0 N–H and O–H groups in total. The number of carbonyl (C=O) groups is 1.